The van der Waals surface area contributed by atoms with Gasteiger partial charge in [0.05, 0.1) is 13.0 Å². The predicted molar refractivity (Wildman–Crippen MR) is 56.1 cm³/mol. The van der Waals surface area contributed by atoms with Crippen molar-refractivity contribution in [3.8, 4) is 0 Å². The lowest BCUT2D eigenvalue weighted by molar-refractivity contribution is -0.136. The molecule has 0 atom stereocenters. The Bertz CT molecular complexity index is 239. The van der Waals surface area contributed by atoms with Gasteiger partial charge in [-0.1, -0.05) is 23.3 Å². The van der Waals surface area contributed by atoms with Gasteiger partial charge < -0.3 is 10.2 Å². The van der Waals surface area contributed by atoms with Gasteiger partial charge in [0, 0.05) is 0 Å². The molecule has 3 nitrogen and oxygen atoms in total. The molecule has 14 heavy (non-hydrogen) atoms. The van der Waals surface area contributed by atoms with Gasteiger partial charge in [-0.25, -0.2) is 0 Å². The monoisotopic (exact) mass is 198 g/mol. The SMILES string of the molecule is C/C(=C\CO)CC/C=C(\C)CC(=O)O. The lowest BCUT2D eigenvalue weighted by atomic mass is 10.1. The highest BCUT2D eigenvalue weighted by atomic mass is 16.4. The Morgan fingerprint density at radius 2 is 1.86 bits per heavy atom. The summed E-state index contributed by atoms with van der Waals surface area (Å²) in [6, 6.07) is 0. The molecule has 0 spiro atoms. The van der Waals surface area contributed by atoms with Gasteiger partial charge in [-0.05, 0) is 26.7 Å². The summed E-state index contributed by atoms with van der Waals surface area (Å²) in [4.78, 5) is 10.3. The van der Waals surface area contributed by atoms with Crippen LogP contribution in [0.15, 0.2) is 23.3 Å². The molecule has 0 aromatic carbocycles. The van der Waals surface area contributed by atoms with E-state index >= 15 is 0 Å². The number of allylic oxidation sites excluding steroid dienone is 2. The van der Waals surface area contributed by atoms with Crippen LogP contribution in [-0.4, -0.2) is 22.8 Å². The lowest BCUT2D eigenvalue weighted by Crippen LogP contribution is -1.94. The van der Waals surface area contributed by atoms with E-state index in [1.54, 1.807) is 6.08 Å². The topological polar surface area (TPSA) is 57.5 Å². The second kappa shape index (κ2) is 7.33. The summed E-state index contributed by atoms with van der Waals surface area (Å²) in [5, 5.41) is 17.1. The molecule has 0 aliphatic heterocycles. The van der Waals surface area contributed by atoms with Crippen LogP contribution >= 0.6 is 0 Å². The molecule has 0 unspecified atom stereocenters. The molecule has 0 aliphatic carbocycles. The number of aliphatic carboxylic acids is 1. The van der Waals surface area contributed by atoms with Crippen LogP contribution in [0.25, 0.3) is 0 Å². The minimum absolute atomic E-state index is 0.0731. The van der Waals surface area contributed by atoms with Gasteiger partial charge in [0.2, 0.25) is 0 Å². The maximum atomic E-state index is 10.3. The van der Waals surface area contributed by atoms with Gasteiger partial charge in [-0.3, -0.25) is 4.79 Å². The predicted octanol–water partition coefficient (Wildman–Crippen LogP) is 2.13. The highest BCUT2D eigenvalue weighted by molar-refractivity contribution is 5.69. The van der Waals surface area contributed by atoms with E-state index in [0.717, 1.165) is 24.0 Å². The third-order valence-electron chi connectivity index (χ3n) is 1.90. The number of carbonyl (C=O) groups is 1. The molecule has 0 radical (unpaired) electrons. The number of aliphatic hydroxyl groups is 1. The molecule has 0 aromatic heterocycles. The number of hydrogen-bond donors (Lipinski definition) is 2. The molecule has 0 heterocycles. The summed E-state index contributed by atoms with van der Waals surface area (Å²) in [6.07, 6.45) is 5.52. The second-order valence-electron chi connectivity index (χ2n) is 3.39. The van der Waals surface area contributed by atoms with E-state index in [0.29, 0.717) is 0 Å². The Morgan fingerprint density at radius 3 is 2.36 bits per heavy atom. The van der Waals surface area contributed by atoms with Gasteiger partial charge in [-0.15, -0.1) is 0 Å². The number of rotatable bonds is 6. The van der Waals surface area contributed by atoms with E-state index in [-0.39, 0.29) is 13.0 Å². The molecule has 3 heteroatoms. The van der Waals surface area contributed by atoms with Crippen LogP contribution < -0.4 is 0 Å². The van der Waals surface area contributed by atoms with E-state index in [1.165, 1.54) is 0 Å². The third kappa shape index (κ3) is 7.55. The Hall–Kier alpha value is -1.09. The maximum absolute atomic E-state index is 10.3. The van der Waals surface area contributed by atoms with Crippen molar-refractivity contribution in [2.75, 3.05) is 6.61 Å². The largest absolute Gasteiger partial charge is 0.481 e. The number of carboxylic acids is 1. The fourth-order valence-electron chi connectivity index (χ4n) is 1.11. The summed E-state index contributed by atoms with van der Waals surface area (Å²) >= 11 is 0. The fourth-order valence-corrected chi connectivity index (χ4v) is 1.11. The zero-order valence-electron chi connectivity index (χ0n) is 8.79. The minimum Gasteiger partial charge on any atom is -0.481 e. The molecule has 2 N–H and O–H groups in total. The Balaban J connectivity index is 3.81. The first-order valence-electron chi connectivity index (χ1n) is 4.70. The van der Waals surface area contributed by atoms with Gasteiger partial charge >= 0.3 is 5.97 Å². The number of hydrogen-bond acceptors (Lipinski definition) is 2. The van der Waals surface area contributed by atoms with Crippen LogP contribution in [0.4, 0.5) is 0 Å². The first-order chi connectivity index (χ1) is 6.56. The zero-order chi connectivity index (χ0) is 11.0. The average molecular weight is 198 g/mol. The summed E-state index contributed by atoms with van der Waals surface area (Å²) in [5.41, 5.74) is 2.01. The third-order valence-corrected chi connectivity index (χ3v) is 1.90. The van der Waals surface area contributed by atoms with Crippen molar-refractivity contribution in [1.82, 2.24) is 0 Å². The van der Waals surface area contributed by atoms with E-state index in [4.69, 9.17) is 10.2 Å². The van der Waals surface area contributed by atoms with Crippen molar-refractivity contribution in [2.45, 2.75) is 33.1 Å². The quantitative estimate of drug-likeness (QED) is 0.643. The van der Waals surface area contributed by atoms with Crippen molar-refractivity contribution < 1.29 is 15.0 Å². The molecular formula is C11H18O3. The highest BCUT2D eigenvalue weighted by Gasteiger charge is 1.97. The Kier molecular flexibility index (Phi) is 6.76. The second-order valence-corrected chi connectivity index (χ2v) is 3.39. The normalized spacial score (nSPS) is 13.1. The smallest absolute Gasteiger partial charge is 0.307 e. The summed E-state index contributed by atoms with van der Waals surface area (Å²) in [5.74, 6) is -0.790. The molecule has 0 amide bonds. The Morgan fingerprint density at radius 1 is 1.21 bits per heavy atom. The van der Waals surface area contributed by atoms with Crippen molar-refractivity contribution in [2.24, 2.45) is 0 Å². The van der Waals surface area contributed by atoms with E-state index in [9.17, 15) is 4.79 Å². The maximum Gasteiger partial charge on any atom is 0.307 e. The first kappa shape index (κ1) is 12.9. The van der Waals surface area contributed by atoms with Crippen molar-refractivity contribution in [3.05, 3.63) is 23.3 Å². The molecule has 0 aliphatic rings. The van der Waals surface area contributed by atoms with E-state index < -0.39 is 5.97 Å². The summed E-state index contributed by atoms with van der Waals surface area (Å²) in [6.45, 7) is 3.85. The number of aliphatic hydroxyl groups excluding tert-OH is 1. The summed E-state index contributed by atoms with van der Waals surface area (Å²) < 4.78 is 0. The fraction of sp³-hybridized carbons (Fsp3) is 0.545. The molecule has 0 bridgehead atoms. The summed E-state index contributed by atoms with van der Waals surface area (Å²) in [7, 11) is 0. The molecule has 0 fully saturated rings. The molecule has 80 valence electrons. The van der Waals surface area contributed by atoms with Crippen LogP contribution in [0.1, 0.15) is 33.1 Å². The molecule has 0 saturated carbocycles. The van der Waals surface area contributed by atoms with Crippen molar-refractivity contribution >= 4 is 5.97 Å². The van der Waals surface area contributed by atoms with Gasteiger partial charge in [0.15, 0.2) is 0 Å². The molecule has 0 rings (SSSR count). The average Bonchev–Trinajstić information content (AvgIpc) is 2.02. The van der Waals surface area contributed by atoms with Crippen LogP contribution in [0.2, 0.25) is 0 Å². The molecular weight excluding hydrogens is 180 g/mol. The van der Waals surface area contributed by atoms with E-state index in [1.807, 2.05) is 19.9 Å². The van der Waals surface area contributed by atoms with Crippen LogP contribution in [0.5, 0.6) is 0 Å². The van der Waals surface area contributed by atoms with Crippen LogP contribution in [0.3, 0.4) is 0 Å². The minimum atomic E-state index is -0.790. The molecule has 0 saturated heterocycles. The van der Waals surface area contributed by atoms with Crippen molar-refractivity contribution in [3.63, 3.8) is 0 Å². The van der Waals surface area contributed by atoms with Crippen LogP contribution in [-0.2, 0) is 4.79 Å². The molecule has 0 aromatic rings. The van der Waals surface area contributed by atoms with Gasteiger partial charge in [0.25, 0.3) is 0 Å². The highest BCUT2D eigenvalue weighted by Crippen LogP contribution is 2.08. The van der Waals surface area contributed by atoms with Crippen LogP contribution in [0, 0.1) is 0 Å². The number of carboxylic acid groups (broad SMARTS) is 1. The van der Waals surface area contributed by atoms with Gasteiger partial charge in [0.1, 0.15) is 0 Å². The zero-order valence-corrected chi connectivity index (χ0v) is 8.79. The first-order valence-corrected chi connectivity index (χ1v) is 4.70. The van der Waals surface area contributed by atoms with Gasteiger partial charge in [-0.2, -0.15) is 0 Å². The van der Waals surface area contributed by atoms with Crippen molar-refractivity contribution in [1.29, 1.82) is 0 Å². The Labute approximate surface area is 84.8 Å². The van der Waals surface area contributed by atoms with E-state index in [2.05, 4.69) is 0 Å². The standard InChI is InChI=1S/C11H18O3/c1-9(6-7-12)4-3-5-10(2)8-11(13)14/h5-6,12H,3-4,7-8H2,1-2H3,(H,13,14)/b9-6+,10-5+. The lowest BCUT2D eigenvalue weighted by Gasteiger charge is -1.98.